The largest absolute Gasteiger partial charge is 0.478 e. The van der Waals surface area contributed by atoms with Gasteiger partial charge in [-0.25, -0.2) is 4.79 Å². The van der Waals surface area contributed by atoms with Crippen LogP contribution < -0.4 is 5.32 Å². The van der Waals surface area contributed by atoms with Crippen LogP contribution in [-0.2, 0) is 13.0 Å². The van der Waals surface area contributed by atoms with Crippen LogP contribution in [0, 0.1) is 0 Å². The zero-order chi connectivity index (χ0) is 13.8. The molecule has 2 aromatic rings. The summed E-state index contributed by atoms with van der Waals surface area (Å²) in [6, 6.07) is 6.84. The van der Waals surface area contributed by atoms with Crippen molar-refractivity contribution >= 4 is 34.6 Å². The first-order chi connectivity index (χ1) is 9.11. The van der Waals surface area contributed by atoms with E-state index in [0.717, 1.165) is 6.42 Å². The van der Waals surface area contributed by atoms with Crippen molar-refractivity contribution in [1.29, 1.82) is 0 Å². The van der Waals surface area contributed by atoms with Crippen LogP contribution in [0.1, 0.15) is 27.7 Å². The van der Waals surface area contributed by atoms with E-state index >= 15 is 0 Å². The van der Waals surface area contributed by atoms with Crippen LogP contribution in [0.15, 0.2) is 29.6 Å². The second-order valence-corrected chi connectivity index (χ2v) is 5.51. The molecular weight excluding hydrogens is 282 g/mol. The van der Waals surface area contributed by atoms with Gasteiger partial charge in [0, 0.05) is 16.4 Å². The fourth-order valence-electron chi connectivity index (χ4n) is 1.86. The minimum atomic E-state index is -0.957. The standard InChI is InChI=1S/C14H14ClNO2S/c1-2-9-5-6-19-13(9)8-16-12-7-10(15)3-4-11(12)14(17)18/h3-7,16H,2,8H2,1H3,(H,17,18). The lowest BCUT2D eigenvalue weighted by molar-refractivity contribution is 0.0698. The summed E-state index contributed by atoms with van der Waals surface area (Å²) >= 11 is 7.58. The third-order valence-corrected chi connectivity index (χ3v) is 4.07. The van der Waals surface area contributed by atoms with Crippen LogP contribution in [0.5, 0.6) is 0 Å². The minimum absolute atomic E-state index is 0.235. The number of carboxylic acids is 1. The minimum Gasteiger partial charge on any atom is -0.478 e. The highest BCUT2D eigenvalue weighted by atomic mass is 35.5. The van der Waals surface area contributed by atoms with E-state index in [1.165, 1.54) is 16.5 Å². The van der Waals surface area contributed by atoms with Gasteiger partial charge < -0.3 is 10.4 Å². The van der Waals surface area contributed by atoms with Gasteiger partial charge in [0.1, 0.15) is 0 Å². The van der Waals surface area contributed by atoms with E-state index in [2.05, 4.69) is 18.3 Å². The number of rotatable bonds is 5. The molecule has 0 saturated carbocycles. The van der Waals surface area contributed by atoms with Crippen LogP contribution in [0.25, 0.3) is 0 Å². The first-order valence-corrected chi connectivity index (χ1v) is 7.19. The molecule has 1 aromatic carbocycles. The summed E-state index contributed by atoms with van der Waals surface area (Å²) in [7, 11) is 0. The van der Waals surface area contributed by atoms with Crippen LogP contribution in [-0.4, -0.2) is 11.1 Å². The molecule has 1 aromatic heterocycles. The van der Waals surface area contributed by atoms with E-state index in [1.54, 1.807) is 23.5 Å². The molecule has 2 rings (SSSR count). The Bertz CT molecular complexity index is 595. The molecular formula is C14H14ClNO2S. The van der Waals surface area contributed by atoms with Crippen LogP contribution >= 0.6 is 22.9 Å². The Hall–Kier alpha value is -1.52. The Morgan fingerprint density at radius 2 is 2.21 bits per heavy atom. The third kappa shape index (κ3) is 3.28. The summed E-state index contributed by atoms with van der Waals surface area (Å²) in [6.07, 6.45) is 0.974. The number of carboxylic acid groups (broad SMARTS) is 1. The quantitative estimate of drug-likeness (QED) is 0.866. The lowest BCUT2D eigenvalue weighted by atomic mass is 10.1. The lowest BCUT2D eigenvalue weighted by Gasteiger charge is -2.10. The van der Waals surface area contributed by atoms with Crippen molar-refractivity contribution in [2.24, 2.45) is 0 Å². The summed E-state index contributed by atoms with van der Waals surface area (Å²) in [5.41, 5.74) is 2.07. The van der Waals surface area contributed by atoms with Crippen molar-refractivity contribution in [2.45, 2.75) is 19.9 Å². The topological polar surface area (TPSA) is 49.3 Å². The predicted molar refractivity (Wildman–Crippen MR) is 79.4 cm³/mol. The maximum atomic E-state index is 11.1. The molecule has 100 valence electrons. The number of aryl methyl sites for hydroxylation is 1. The number of hydrogen-bond acceptors (Lipinski definition) is 3. The molecule has 3 nitrogen and oxygen atoms in total. The molecule has 0 fully saturated rings. The van der Waals surface area contributed by atoms with E-state index in [1.807, 2.05) is 5.38 Å². The van der Waals surface area contributed by atoms with E-state index < -0.39 is 5.97 Å². The fourth-order valence-corrected chi connectivity index (χ4v) is 2.95. The molecule has 2 N–H and O–H groups in total. The number of anilines is 1. The molecule has 1 heterocycles. The fraction of sp³-hybridized carbons (Fsp3) is 0.214. The Labute approximate surface area is 120 Å². The maximum absolute atomic E-state index is 11.1. The average molecular weight is 296 g/mol. The van der Waals surface area contributed by atoms with Gasteiger partial charge in [-0.1, -0.05) is 18.5 Å². The molecule has 0 atom stereocenters. The Kier molecular flexibility index (Phi) is 4.45. The predicted octanol–water partition coefficient (Wildman–Crippen LogP) is 4.27. The summed E-state index contributed by atoms with van der Waals surface area (Å²) in [6.45, 7) is 2.72. The number of hydrogen-bond donors (Lipinski definition) is 2. The second-order valence-electron chi connectivity index (χ2n) is 4.07. The average Bonchev–Trinajstić information content (AvgIpc) is 2.83. The first-order valence-electron chi connectivity index (χ1n) is 5.93. The van der Waals surface area contributed by atoms with Gasteiger partial charge in [-0.2, -0.15) is 0 Å². The summed E-state index contributed by atoms with van der Waals surface area (Å²) < 4.78 is 0. The van der Waals surface area contributed by atoms with E-state index in [9.17, 15) is 4.79 Å². The molecule has 0 unspecified atom stereocenters. The number of nitrogens with one attached hydrogen (secondary N) is 1. The van der Waals surface area contributed by atoms with Crippen molar-refractivity contribution < 1.29 is 9.90 Å². The van der Waals surface area contributed by atoms with Crippen molar-refractivity contribution in [1.82, 2.24) is 0 Å². The summed E-state index contributed by atoms with van der Waals surface area (Å²) in [4.78, 5) is 12.4. The highest BCUT2D eigenvalue weighted by Gasteiger charge is 2.11. The number of benzene rings is 1. The highest BCUT2D eigenvalue weighted by molar-refractivity contribution is 7.10. The molecule has 0 spiro atoms. The Balaban J connectivity index is 2.19. The first kappa shape index (κ1) is 13.9. The Morgan fingerprint density at radius 3 is 2.89 bits per heavy atom. The van der Waals surface area contributed by atoms with E-state index in [4.69, 9.17) is 16.7 Å². The van der Waals surface area contributed by atoms with Crippen molar-refractivity contribution in [3.8, 4) is 0 Å². The Morgan fingerprint density at radius 1 is 1.42 bits per heavy atom. The van der Waals surface area contributed by atoms with Crippen LogP contribution in [0.4, 0.5) is 5.69 Å². The highest BCUT2D eigenvalue weighted by Crippen LogP contribution is 2.24. The van der Waals surface area contributed by atoms with Gasteiger partial charge in [0.05, 0.1) is 11.3 Å². The SMILES string of the molecule is CCc1ccsc1CNc1cc(Cl)ccc1C(=O)O. The molecule has 0 radical (unpaired) electrons. The zero-order valence-corrected chi connectivity index (χ0v) is 12.0. The van der Waals surface area contributed by atoms with Gasteiger partial charge in [0.25, 0.3) is 0 Å². The van der Waals surface area contributed by atoms with Gasteiger partial charge >= 0.3 is 5.97 Å². The van der Waals surface area contributed by atoms with Crippen molar-refractivity contribution in [3.05, 3.63) is 50.7 Å². The molecule has 0 saturated heterocycles. The third-order valence-electron chi connectivity index (χ3n) is 2.87. The zero-order valence-electron chi connectivity index (χ0n) is 10.4. The molecule has 0 bridgehead atoms. The van der Waals surface area contributed by atoms with Gasteiger partial charge in [-0.3, -0.25) is 0 Å². The van der Waals surface area contributed by atoms with Gasteiger partial charge in [-0.15, -0.1) is 11.3 Å². The molecule has 0 aliphatic carbocycles. The second kappa shape index (κ2) is 6.08. The smallest absolute Gasteiger partial charge is 0.337 e. The van der Waals surface area contributed by atoms with Gasteiger partial charge in [0.2, 0.25) is 0 Å². The van der Waals surface area contributed by atoms with Crippen LogP contribution in [0.3, 0.4) is 0 Å². The van der Waals surface area contributed by atoms with Crippen molar-refractivity contribution in [2.75, 3.05) is 5.32 Å². The normalized spacial score (nSPS) is 10.4. The number of thiophene rings is 1. The van der Waals surface area contributed by atoms with Crippen molar-refractivity contribution in [3.63, 3.8) is 0 Å². The van der Waals surface area contributed by atoms with E-state index in [-0.39, 0.29) is 5.56 Å². The monoisotopic (exact) mass is 295 g/mol. The summed E-state index contributed by atoms with van der Waals surface area (Å²) in [5.74, 6) is -0.957. The van der Waals surface area contributed by atoms with E-state index in [0.29, 0.717) is 17.3 Å². The molecule has 0 amide bonds. The lowest BCUT2D eigenvalue weighted by Crippen LogP contribution is -2.06. The number of halogens is 1. The molecule has 0 aliphatic heterocycles. The van der Waals surface area contributed by atoms with Crippen LogP contribution in [0.2, 0.25) is 5.02 Å². The molecule has 0 aliphatic rings. The number of aromatic carboxylic acids is 1. The molecule has 5 heteroatoms. The molecule has 19 heavy (non-hydrogen) atoms. The number of carbonyl (C=O) groups is 1. The van der Waals surface area contributed by atoms with Gasteiger partial charge in [-0.05, 0) is 41.6 Å². The van der Waals surface area contributed by atoms with Gasteiger partial charge in [0.15, 0.2) is 0 Å². The maximum Gasteiger partial charge on any atom is 0.337 e. The summed E-state index contributed by atoms with van der Waals surface area (Å²) in [5, 5.41) is 14.9.